The van der Waals surface area contributed by atoms with Gasteiger partial charge in [-0.15, -0.1) is 0 Å². The maximum Gasteiger partial charge on any atom is 0.260 e. The number of hydrogen-bond donors (Lipinski definition) is 1. The first-order valence-corrected chi connectivity index (χ1v) is 8.96. The minimum Gasteiger partial charge on any atom is -0.508 e. The minimum atomic E-state index is 0.0119. The third kappa shape index (κ3) is 4.91. The number of carbonyl (C=O) groups excluding carboxylic acids is 1. The van der Waals surface area contributed by atoms with Gasteiger partial charge in [0.2, 0.25) is 0 Å². The molecule has 3 rings (SSSR count). The quantitative estimate of drug-likeness (QED) is 0.864. The van der Waals surface area contributed by atoms with Crippen LogP contribution in [0.25, 0.3) is 0 Å². The van der Waals surface area contributed by atoms with E-state index < -0.39 is 0 Å². The fourth-order valence-electron chi connectivity index (χ4n) is 3.30. The highest BCUT2D eigenvalue weighted by atomic mass is 16.5. The summed E-state index contributed by atoms with van der Waals surface area (Å²) in [6.07, 6.45) is 3.02. The van der Waals surface area contributed by atoms with E-state index in [1.807, 2.05) is 17.0 Å². The number of aromatic hydroxyl groups is 1. The van der Waals surface area contributed by atoms with Gasteiger partial charge < -0.3 is 19.5 Å². The molecule has 1 fully saturated rings. The smallest absolute Gasteiger partial charge is 0.260 e. The molecule has 0 bridgehead atoms. The van der Waals surface area contributed by atoms with E-state index in [4.69, 9.17) is 9.47 Å². The molecule has 0 spiro atoms. The number of carbonyl (C=O) groups is 1. The van der Waals surface area contributed by atoms with E-state index in [0.717, 1.165) is 38.1 Å². The second-order valence-corrected chi connectivity index (χ2v) is 6.66. The van der Waals surface area contributed by atoms with Crippen molar-refractivity contribution in [1.29, 1.82) is 0 Å². The Morgan fingerprint density at radius 3 is 2.54 bits per heavy atom. The van der Waals surface area contributed by atoms with E-state index >= 15 is 0 Å². The summed E-state index contributed by atoms with van der Waals surface area (Å²) in [5, 5.41) is 9.26. The number of amides is 1. The highest BCUT2D eigenvalue weighted by Crippen LogP contribution is 2.24. The lowest BCUT2D eigenvalue weighted by Gasteiger charge is -2.32. The first kappa shape index (κ1) is 18.1. The largest absolute Gasteiger partial charge is 0.508 e. The van der Waals surface area contributed by atoms with Crippen LogP contribution in [-0.4, -0.2) is 42.7 Å². The van der Waals surface area contributed by atoms with Gasteiger partial charge in [-0.2, -0.15) is 0 Å². The lowest BCUT2D eigenvalue weighted by atomic mass is 9.90. The number of methoxy groups -OCH3 is 1. The first-order valence-electron chi connectivity index (χ1n) is 8.96. The van der Waals surface area contributed by atoms with Gasteiger partial charge in [0.15, 0.2) is 6.61 Å². The second kappa shape index (κ2) is 8.61. The number of phenolic OH excluding ortho intramolecular Hbond substituents is 1. The van der Waals surface area contributed by atoms with E-state index in [2.05, 4.69) is 12.1 Å². The zero-order chi connectivity index (χ0) is 18.4. The van der Waals surface area contributed by atoms with Crippen molar-refractivity contribution in [1.82, 2.24) is 4.90 Å². The molecule has 0 unspecified atom stereocenters. The monoisotopic (exact) mass is 355 g/mol. The molecule has 2 aromatic carbocycles. The van der Waals surface area contributed by atoms with Crippen LogP contribution < -0.4 is 9.47 Å². The Morgan fingerprint density at radius 2 is 1.85 bits per heavy atom. The Bertz CT molecular complexity index is 721. The van der Waals surface area contributed by atoms with E-state index in [0.29, 0.717) is 11.7 Å². The Kier molecular flexibility index (Phi) is 6.00. The van der Waals surface area contributed by atoms with Crippen LogP contribution in [0, 0.1) is 5.92 Å². The molecule has 1 N–H and O–H groups in total. The van der Waals surface area contributed by atoms with E-state index in [1.54, 1.807) is 31.4 Å². The Morgan fingerprint density at radius 1 is 1.12 bits per heavy atom. The van der Waals surface area contributed by atoms with Crippen LogP contribution in [0.3, 0.4) is 0 Å². The second-order valence-electron chi connectivity index (χ2n) is 6.66. The highest BCUT2D eigenvalue weighted by molar-refractivity contribution is 5.77. The standard InChI is InChI=1S/C21H25NO4/c1-25-20-4-2-3-17(14-20)13-16-9-11-22(12-10-16)21(24)15-26-19-7-5-18(23)6-8-19/h2-8,14,16,23H,9-13,15H2,1H3. The van der Waals surface area contributed by atoms with Crippen molar-refractivity contribution in [2.24, 2.45) is 5.92 Å². The molecule has 1 amide bonds. The van der Waals surface area contributed by atoms with Crippen molar-refractivity contribution in [2.45, 2.75) is 19.3 Å². The molecule has 1 heterocycles. The summed E-state index contributed by atoms with van der Waals surface area (Å²) in [5.41, 5.74) is 1.28. The summed E-state index contributed by atoms with van der Waals surface area (Å²) in [6.45, 7) is 1.57. The number of piperidine rings is 1. The Hall–Kier alpha value is -2.69. The normalized spacial score (nSPS) is 14.9. The average molecular weight is 355 g/mol. The van der Waals surface area contributed by atoms with Gasteiger partial charge in [0.05, 0.1) is 7.11 Å². The highest BCUT2D eigenvalue weighted by Gasteiger charge is 2.23. The maximum atomic E-state index is 12.3. The summed E-state index contributed by atoms with van der Waals surface area (Å²) < 4.78 is 10.8. The molecule has 0 radical (unpaired) electrons. The third-order valence-corrected chi connectivity index (χ3v) is 4.82. The molecule has 0 aliphatic carbocycles. The molecular weight excluding hydrogens is 330 g/mol. The van der Waals surface area contributed by atoms with Gasteiger partial charge in [0.1, 0.15) is 17.2 Å². The number of benzene rings is 2. The van der Waals surface area contributed by atoms with Crippen molar-refractivity contribution in [3.63, 3.8) is 0 Å². The van der Waals surface area contributed by atoms with Gasteiger partial charge in [-0.3, -0.25) is 4.79 Å². The van der Waals surface area contributed by atoms with Crippen LogP contribution in [0.15, 0.2) is 48.5 Å². The molecular formula is C21H25NO4. The maximum absolute atomic E-state index is 12.3. The topological polar surface area (TPSA) is 59.0 Å². The summed E-state index contributed by atoms with van der Waals surface area (Å²) in [6, 6.07) is 14.6. The van der Waals surface area contributed by atoms with Crippen molar-refractivity contribution in [3.05, 3.63) is 54.1 Å². The molecule has 0 atom stereocenters. The molecule has 0 saturated carbocycles. The zero-order valence-electron chi connectivity index (χ0n) is 15.1. The number of likely N-dealkylation sites (tertiary alicyclic amines) is 1. The van der Waals surface area contributed by atoms with E-state index in [9.17, 15) is 9.90 Å². The first-order chi connectivity index (χ1) is 12.6. The van der Waals surface area contributed by atoms with E-state index in [-0.39, 0.29) is 18.3 Å². The fourth-order valence-corrected chi connectivity index (χ4v) is 3.30. The van der Waals surface area contributed by atoms with Crippen molar-refractivity contribution in [2.75, 3.05) is 26.8 Å². The molecule has 1 saturated heterocycles. The average Bonchev–Trinajstić information content (AvgIpc) is 2.68. The Balaban J connectivity index is 1.43. The Labute approximate surface area is 154 Å². The number of hydrogen-bond acceptors (Lipinski definition) is 4. The van der Waals surface area contributed by atoms with Crippen LogP contribution in [0.5, 0.6) is 17.2 Å². The van der Waals surface area contributed by atoms with Crippen LogP contribution in [0.1, 0.15) is 18.4 Å². The number of nitrogens with zero attached hydrogens (tertiary/aromatic N) is 1. The van der Waals surface area contributed by atoms with Crippen LogP contribution in [-0.2, 0) is 11.2 Å². The van der Waals surface area contributed by atoms with Gasteiger partial charge >= 0.3 is 0 Å². The lowest BCUT2D eigenvalue weighted by molar-refractivity contribution is -0.134. The van der Waals surface area contributed by atoms with Gasteiger partial charge in [0, 0.05) is 13.1 Å². The number of ether oxygens (including phenoxy) is 2. The zero-order valence-corrected chi connectivity index (χ0v) is 15.1. The van der Waals surface area contributed by atoms with Crippen molar-refractivity contribution >= 4 is 5.91 Å². The minimum absolute atomic E-state index is 0.0119. The van der Waals surface area contributed by atoms with Gasteiger partial charge in [-0.05, 0) is 67.1 Å². The molecule has 1 aliphatic rings. The molecule has 2 aromatic rings. The summed E-state index contributed by atoms with van der Waals surface area (Å²) in [4.78, 5) is 14.2. The number of phenols is 1. The molecule has 1 aliphatic heterocycles. The van der Waals surface area contributed by atoms with Crippen LogP contribution in [0.4, 0.5) is 0 Å². The van der Waals surface area contributed by atoms with Crippen LogP contribution in [0.2, 0.25) is 0 Å². The van der Waals surface area contributed by atoms with Gasteiger partial charge in [-0.25, -0.2) is 0 Å². The summed E-state index contributed by atoms with van der Waals surface area (Å²) in [7, 11) is 1.68. The van der Waals surface area contributed by atoms with Crippen LogP contribution >= 0.6 is 0 Å². The van der Waals surface area contributed by atoms with Gasteiger partial charge in [0.25, 0.3) is 5.91 Å². The van der Waals surface area contributed by atoms with Crippen molar-refractivity contribution in [3.8, 4) is 17.2 Å². The number of rotatable bonds is 6. The molecule has 138 valence electrons. The summed E-state index contributed by atoms with van der Waals surface area (Å²) >= 11 is 0. The molecule has 0 aromatic heterocycles. The third-order valence-electron chi connectivity index (χ3n) is 4.82. The molecule has 5 nitrogen and oxygen atoms in total. The predicted octanol–water partition coefficient (Wildman–Crippen LogP) is 3.26. The van der Waals surface area contributed by atoms with E-state index in [1.165, 1.54) is 5.56 Å². The SMILES string of the molecule is COc1cccc(CC2CCN(C(=O)COc3ccc(O)cc3)CC2)c1. The molecule has 26 heavy (non-hydrogen) atoms. The summed E-state index contributed by atoms with van der Waals surface area (Å²) in [5.74, 6) is 2.26. The van der Waals surface area contributed by atoms with Gasteiger partial charge in [-0.1, -0.05) is 12.1 Å². The van der Waals surface area contributed by atoms with Crippen molar-refractivity contribution < 1.29 is 19.4 Å². The predicted molar refractivity (Wildman–Crippen MR) is 99.6 cm³/mol. The lowest BCUT2D eigenvalue weighted by Crippen LogP contribution is -2.41. The fraction of sp³-hybridized carbons (Fsp3) is 0.381. The molecule has 5 heteroatoms.